The van der Waals surface area contributed by atoms with Crippen molar-refractivity contribution in [2.24, 2.45) is 0 Å². The highest BCUT2D eigenvalue weighted by Gasteiger charge is 2.23. The largest absolute Gasteiger partial charge is 0.506 e. The number of hydrogen-bond acceptors (Lipinski definition) is 2. The summed E-state index contributed by atoms with van der Waals surface area (Å²) in [7, 11) is 0. The highest BCUT2D eigenvalue weighted by molar-refractivity contribution is 9.10. The van der Waals surface area contributed by atoms with Gasteiger partial charge in [-0.3, -0.25) is 0 Å². The molecular weight excluding hydrogens is 242 g/mol. The third kappa shape index (κ3) is 1.44. The number of phenolic OH excluding ortho intramolecular Hbond substituents is 1. The van der Waals surface area contributed by atoms with Crippen molar-refractivity contribution in [3.63, 3.8) is 0 Å². The van der Waals surface area contributed by atoms with Crippen molar-refractivity contribution in [2.75, 3.05) is 6.54 Å². The molecule has 1 fully saturated rings. The Labute approximate surface area is 92.5 Å². The molecule has 1 aromatic rings. The first kappa shape index (κ1) is 9.99. The fraction of sp³-hybridized carbons (Fsp3) is 0.455. The van der Waals surface area contributed by atoms with Crippen molar-refractivity contribution in [2.45, 2.75) is 26.3 Å². The predicted octanol–water partition coefficient (Wildman–Crippen LogP) is 2.81. The van der Waals surface area contributed by atoms with Gasteiger partial charge in [-0.05, 0) is 53.9 Å². The fourth-order valence-corrected chi connectivity index (χ4v) is 2.25. The van der Waals surface area contributed by atoms with E-state index in [1.54, 1.807) is 0 Å². The van der Waals surface area contributed by atoms with E-state index in [4.69, 9.17) is 0 Å². The standard InChI is InChI=1S/C11H14BrNO/c1-6-5-8(9-3-4-13-9)11(14)10(12)7(6)2/h5,9,13-14H,3-4H2,1-2H3. The van der Waals surface area contributed by atoms with Crippen molar-refractivity contribution in [1.29, 1.82) is 0 Å². The van der Waals surface area contributed by atoms with Crippen LogP contribution in [-0.2, 0) is 0 Å². The minimum absolute atomic E-state index is 0.339. The summed E-state index contributed by atoms with van der Waals surface area (Å²) in [5, 5.41) is 13.2. The molecule has 2 rings (SSSR count). The number of benzene rings is 1. The first-order valence-corrected chi connectivity index (χ1v) is 5.62. The molecule has 0 radical (unpaired) electrons. The van der Waals surface area contributed by atoms with E-state index < -0.39 is 0 Å². The fourth-order valence-electron chi connectivity index (χ4n) is 1.71. The van der Waals surface area contributed by atoms with Gasteiger partial charge in [0.25, 0.3) is 0 Å². The summed E-state index contributed by atoms with van der Waals surface area (Å²) in [6.07, 6.45) is 1.11. The molecule has 0 saturated carbocycles. The summed E-state index contributed by atoms with van der Waals surface area (Å²) in [6.45, 7) is 5.13. The van der Waals surface area contributed by atoms with E-state index in [-0.39, 0.29) is 0 Å². The number of hydrogen-bond donors (Lipinski definition) is 2. The molecule has 1 aliphatic heterocycles. The molecule has 1 atom stereocenters. The zero-order valence-corrected chi connectivity index (χ0v) is 9.98. The molecule has 0 aromatic heterocycles. The molecule has 0 aliphatic carbocycles. The molecule has 1 heterocycles. The van der Waals surface area contributed by atoms with Crippen LogP contribution >= 0.6 is 15.9 Å². The van der Waals surface area contributed by atoms with Gasteiger partial charge in [0.2, 0.25) is 0 Å². The lowest BCUT2D eigenvalue weighted by atomic mass is 9.94. The van der Waals surface area contributed by atoms with Crippen molar-refractivity contribution < 1.29 is 5.11 Å². The maximum absolute atomic E-state index is 9.95. The molecule has 1 unspecified atom stereocenters. The smallest absolute Gasteiger partial charge is 0.134 e. The average Bonchev–Trinajstić information content (AvgIpc) is 2.08. The zero-order chi connectivity index (χ0) is 10.3. The van der Waals surface area contributed by atoms with Crippen LogP contribution in [-0.4, -0.2) is 11.7 Å². The second kappa shape index (κ2) is 3.55. The second-order valence-corrected chi connectivity index (χ2v) is 4.66. The van der Waals surface area contributed by atoms with Crippen LogP contribution in [0, 0.1) is 13.8 Å². The lowest BCUT2D eigenvalue weighted by Crippen LogP contribution is -2.35. The number of phenols is 1. The van der Waals surface area contributed by atoms with Crippen molar-refractivity contribution >= 4 is 15.9 Å². The molecule has 3 heteroatoms. The molecule has 1 saturated heterocycles. The van der Waals surface area contributed by atoms with E-state index in [2.05, 4.69) is 34.2 Å². The van der Waals surface area contributed by atoms with Crippen LogP contribution in [0.25, 0.3) is 0 Å². The SMILES string of the molecule is Cc1cc(C2CCN2)c(O)c(Br)c1C. The number of halogens is 1. The van der Waals surface area contributed by atoms with Crippen molar-refractivity contribution in [3.8, 4) is 5.75 Å². The Hall–Kier alpha value is -0.540. The van der Waals surface area contributed by atoms with Crippen LogP contribution in [0.15, 0.2) is 10.5 Å². The van der Waals surface area contributed by atoms with Gasteiger partial charge in [0.15, 0.2) is 0 Å². The van der Waals surface area contributed by atoms with Crippen molar-refractivity contribution in [3.05, 3.63) is 27.2 Å². The summed E-state index contributed by atoms with van der Waals surface area (Å²) < 4.78 is 0.834. The third-order valence-electron chi connectivity index (χ3n) is 2.97. The van der Waals surface area contributed by atoms with Gasteiger partial charge in [-0.25, -0.2) is 0 Å². The second-order valence-electron chi connectivity index (χ2n) is 3.87. The van der Waals surface area contributed by atoms with Gasteiger partial charge in [-0.2, -0.15) is 0 Å². The number of aromatic hydroxyl groups is 1. The van der Waals surface area contributed by atoms with Gasteiger partial charge in [-0.1, -0.05) is 6.07 Å². The lowest BCUT2D eigenvalue weighted by Gasteiger charge is -2.29. The van der Waals surface area contributed by atoms with Crippen LogP contribution < -0.4 is 5.32 Å². The van der Waals surface area contributed by atoms with Crippen LogP contribution in [0.4, 0.5) is 0 Å². The minimum atomic E-state index is 0.339. The van der Waals surface area contributed by atoms with Gasteiger partial charge in [-0.15, -0.1) is 0 Å². The Balaban J connectivity index is 2.49. The third-order valence-corrected chi connectivity index (χ3v) is 3.94. The van der Waals surface area contributed by atoms with Gasteiger partial charge in [0.1, 0.15) is 5.75 Å². The molecule has 1 aliphatic rings. The minimum Gasteiger partial charge on any atom is -0.506 e. The van der Waals surface area contributed by atoms with E-state index >= 15 is 0 Å². The van der Waals surface area contributed by atoms with Crippen molar-refractivity contribution in [1.82, 2.24) is 5.32 Å². The van der Waals surface area contributed by atoms with Crippen LogP contribution in [0.3, 0.4) is 0 Å². The zero-order valence-electron chi connectivity index (χ0n) is 8.39. The Morgan fingerprint density at radius 3 is 2.64 bits per heavy atom. The highest BCUT2D eigenvalue weighted by Crippen LogP contribution is 2.38. The lowest BCUT2D eigenvalue weighted by molar-refractivity contribution is 0.363. The first-order valence-electron chi connectivity index (χ1n) is 4.83. The normalized spacial score (nSPS) is 20.6. The van der Waals surface area contributed by atoms with E-state index in [1.807, 2.05) is 6.92 Å². The number of nitrogens with one attached hydrogen (secondary N) is 1. The molecule has 14 heavy (non-hydrogen) atoms. The van der Waals surface area contributed by atoms with Gasteiger partial charge in [0, 0.05) is 11.6 Å². The summed E-state index contributed by atoms with van der Waals surface area (Å²) in [5.41, 5.74) is 3.36. The summed E-state index contributed by atoms with van der Waals surface area (Å²) in [6, 6.07) is 2.41. The van der Waals surface area contributed by atoms with Gasteiger partial charge in [0.05, 0.1) is 4.47 Å². The van der Waals surface area contributed by atoms with E-state index in [9.17, 15) is 5.11 Å². The number of rotatable bonds is 1. The molecule has 1 aromatic carbocycles. The molecule has 76 valence electrons. The van der Waals surface area contributed by atoms with Crippen LogP contribution in [0.1, 0.15) is 29.2 Å². The Morgan fingerprint density at radius 2 is 2.14 bits per heavy atom. The molecule has 0 spiro atoms. The van der Waals surface area contributed by atoms with E-state index in [1.165, 1.54) is 5.56 Å². The summed E-state index contributed by atoms with van der Waals surface area (Å²) in [5.74, 6) is 0.394. The first-order chi connectivity index (χ1) is 6.61. The van der Waals surface area contributed by atoms with Gasteiger partial charge >= 0.3 is 0 Å². The highest BCUT2D eigenvalue weighted by atomic mass is 79.9. The molecular formula is C11H14BrNO. The Morgan fingerprint density at radius 1 is 1.50 bits per heavy atom. The quantitative estimate of drug-likeness (QED) is 0.809. The monoisotopic (exact) mass is 255 g/mol. The van der Waals surface area contributed by atoms with Gasteiger partial charge < -0.3 is 10.4 Å². The molecule has 0 amide bonds. The maximum atomic E-state index is 9.95. The van der Waals surface area contributed by atoms with Crippen LogP contribution in [0.2, 0.25) is 0 Å². The van der Waals surface area contributed by atoms with E-state index in [0.717, 1.165) is 28.6 Å². The van der Waals surface area contributed by atoms with E-state index in [0.29, 0.717) is 11.8 Å². The molecule has 2 N–H and O–H groups in total. The average molecular weight is 256 g/mol. The molecule has 0 bridgehead atoms. The Bertz CT molecular complexity index is 372. The maximum Gasteiger partial charge on any atom is 0.134 e. The Kier molecular flexibility index (Phi) is 2.54. The number of aryl methyl sites for hydroxylation is 1. The topological polar surface area (TPSA) is 32.3 Å². The summed E-state index contributed by atoms with van der Waals surface area (Å²) in [4.78, 5) is 0. The van der Waals surface area contributed by atoms with Crippen LogP contribution in [0.5, 0.6) is 5.75 Å². The molecule has 2 nitrogen and oxygen atoms in total. The predicted molar refractivity (Wildman–Crippen MR) is 60.6 cm³/mol. The summed E-state index contributed by atoms with van der Waals surface area (Å²) >= 11 is 3.42.